The van der Waals surface area contributed by atoms with E-state index in [1.165, 1.54) is 18.9 Å². The number of esters is 1. The fourth-order valence-corrected chi connectivity index (χ4v) is 4.58. The third kappa shape index (κ3) is 5.13. The molecule has 0 aromatic heterocycles. The van der Waals surface area contributed by atoms with Crippen molar-refractivity contribution < 1.29 is 23.9 Å². The molecule has 0 fully saturated rings. The van der Waals surface area contributed by atoms with Crippen molar-refractivity contribution in [2.75, 3.05) is 23.9 Å². The highest BCUT2D eigenvalue weighted by Crippen LogP contribution is 2.40. The van der Waals surface area contributed by atoms with E-state index in [0.717, 1.165) is 15.4 Å². The van der Waals surface area contributed by atoms with Gasteiger partial charge in [0.05, 0.1) is 30.7 Å². The number of nitrogens with zero attached hydrogens (tertiary/aromatic N) is 1. The lowest BCUT2D eigenvalue weighted by molar-refractivity contribution is -0.120. The molecule has 4 rings (SSSR count). The van der Waals surface area contributed by atoms with Crippen molar-refractivity contribution in [1.29, 1.82) is 0 Å². The van der Waals surface area contributed by atoms with Gasteiger partial charge in [-0.25, -0.2) is 9.69 Å². The molecule has 0 spiro atoms. The van der Waals surface area contributed by atoms with Crippen LogP contribution in [-0.2, 0) is 14.3 Å². The summed E-state index contributed by atoms with van der Waals surface area (Å²) in [5.74, 6) is -1.17. The first-order chi connectivity index (χ1) is 17.4. The van der Waals surface area contributed by atoms with Crippen LogP contribution >= 0.6 is 11.8 Å². The molecule has 0 aliphatic carbocycles. The molecular weight excluding hydrogens is 476 g/mol. The van der Waals surface area contributed by atoms with E-state index in [-0.39, 0.29) is 28.5 Å². The van der Waals surface area contributed by atoms with Gasteiger partial charge in [-0.3, -0.25) is 9.59 Å². The number of methoxy groups -OCH3 is 1. The van der Waals surface area contributed by atoms with Gasteiger partial charge in [-0.2, -0.15) is 0 Å². The Balaban J connectivity index is 1.77. The number of carbonyl (C=O) groups excluding carboxylic acids is 3. The Morgan fingerprint density at radius 1 is 0.944 bits per heavy atom. The topological polar surface area (TPSA) is 84.9 Å². The highest BCUT2D eigenvalue weighted by atomic mass is 32.2. The van der Waals surface area contributed by atoms with Gasteiger partial charge in [-0.05, 0) is 49.7 Å². The molecule has 2 amide bonds. The molecule has 0 saturated carbocycles. The van der Waals surface area contributed by atoms with Crippen LogP contribution in [0.5, 0.6) is 5.75 Å². The van der Waals surface area contributed by atoms with Crippen molar-refractivity contribution >= 4 is 40.9 Å². The van der Waals surface area contributed by atoms with Crippen LogP contribution in [0.2, 0.25) is 0 Å². The molecule has 0 unspecified atom stereocenters. The largest absolute Gasteiger partial charge is 0.495 e. The zero-order valence-corrected chi connectivity index (χ0v) is 21.1. The normalized spacial score (nSPS) is 13.2. The van der Waals surface area contributed by atoms with Crippen LogP contribution < -0.4 is 15.0 Å². The van der Waals surface area contributed by atoms with Gasteiger partial charge in [0.15, 0.2) is 0 Å². The minimum absolute atomic E-state index is 0.104. The first-order valence-corrected chi connectivity index (χ1v) is 12.3. The fraction of sp³-hybridized carbons (Fsp3) is 0.179. The SMILES string of the molecule is CCCOC(=O)c1ccccc1N1C(=O)C(Nc2ccccc2OC)=C(Sc2ccc(C)cc2)C1=O. The van der Waals surface area contributed by atoms with Crippen molar-refractivity contribution in [3.63, 3.8) is 0 Å². The zero-order chi connectivity index (χ0) is 25.7. The van der Waals surface area contributed by atoms with Crippen molar-refractivity contribution in [1.82, 2.24) is 0 Å². The van der Waals surface area contributed by atoms with E-state index >= 15 is 0 Å². The van der Waals surface area contributed by atoms with Crippen LogP contribution in [0, 0.1) is 6.92 Å². The maximum absolute atomic E-state index is 13.7. The predicted molar refractivity (Wildman–Crippen MR) is 140 cm³/mol. The number of amides is 2. The summed E-state index contributed by atoms with van der Waals surface area (Å²) < 4.78 is 10.7. The number of hydrogen-bond donors (Lipinski definition) is 1. The molecule has 0 atom stereocenters. The van der Waals surface area contributed by atoms with E-state index in [1.54, 1.807) is 42.5 Å². The molecule has 0 bridgehead atoms. The maximum Gasteiger partial charge on any atom is 0.340 e. The molecule has 36 heavy (non-hydrogen) atoms. The van der Waals surface area contributed by atoms with Crippen LogP contribution in [0.4, 0.5) is 11.4 Å². The number of rotatable bonds is 9. The Morgan fingerprint density at radius 2 is 1.64 bits per heavy atom. The number of benzene rings is 3. The lowest BCUT2D eigenvalue weighted by Gasteiger charge is -2.18. The monoisotopic (exact) mass is 502 g/mol. The number of carbonyl (C=O) groups is 3. The quantitative estimate of drug-likeness (QED) is 0.303. The van der Waals surface area contributed by atoms with Gasteiger partial charge in [0.1, 0.15) is 16.4 Å². The fourth-order valence-electron chi connectivity index (χ4n) is 3.65. The molecule has 1 aliphatic rings. The highest BCUT2D eigenvalue weighted by Gasteiger charge is 2.42. The van der Waals surface area contributed by atoms with Gasteiger partial charge in [-0.1, -0.05) is 60.6 Å². The second-order valence-corrected chi connectivity index (χ2v) is 9.13. The first-order valence-electron chi connectivity index (χ1n) is 11.5. The zero-order valence-electron chi connectivity index (χ0n) is 20.2. The van der Waals surface area contributed by atoms with Gasteiger partial charge in [-0.15, -0.1) is 0 Å². The summed E-state index contributed by atoms with van der Waals surface area (Å²) in [7, 11) is 1.53. The average molecular weight is 503 g/mol. The van der Waals surface area contributed by atoms with Gasteiger partial charge >= 0.3 is 5.97 Å². The lowest BCUT2D eigenvalue weighted by atomic mass is 10.1. The standard InChI is InChI=1S/C28H26N2O5S/c1-4-17-35-28(33)20-9-5-7-11-22(20)30-26(31)24(29-21-10-6-8-12-23(21)34-3)25(27(30)32)36-19-15-13-18(2)14-16-19/h5-16,29H,4,17H2,1-3H3. The third-order valence-corrected chi connectivity index (χ3v) is 6.54. The summed E-state index contributed by atoms with van der Waals surface area (Å²) in [4.78, 5) is 42.2. The summed E-state index contributed by atoms with van der Waals surface area (Å²) in [6, 6.07) is 21.3. The van der Waals surface area contributed by atoms with E-state index in [1.807, 2.05) is 44.2 Å². The Hall–Kier alpha value is -4.04. The van der Waals surface area contributed by atoms with Crippen LogP contribution in [-0.4, -0.2) is 31.5 Å². The first kappa shape index (κ1) is 25.1. The Morgan fingerprint density at radius 3 is 2.36 bits per heavy atom. The number of ether oxygens (including phenoxy) is 2. The Bertz CT molecular complexity index is 1330. The third-order valence-electron chi connectivity index (χ3n) is 5.45. The number of thioether (sulfide) groups is 1. The Labute approximate surface area is 214 Å². The predicted octanol–water partition coefficient (Wildman–Crippen LogP) is 5.56. The lowest BCUT2D eigenvalue weighted by Crippen LogP contribution is -2.33. The van der Waals surface area contributed by atoms with Gasteiger partial charge in [0, 0.05) is 4.90 Å². The van der Waals surface area contributed by atoms with E-state index in [4.69, 9.17) is 9.47 Å². The number of hydrogen-bond acceptors (Lipinski definition) is 7. The summed E-state index contributed by atoms with van der Waals surface area (Å²) in [5, 5.41) is 3.11. The van der Waals surface area contributed by atoms with Gasteiger partial charge < -0.3 is 14.8 Å². The number of imide groups is 1. The molecule has 184 valence electrons. The molecule has 1 N–H and O–H groups in total. The summed E-state index contributed by atoms with van der Waals surface area (Å²) in [5.41, 5.74) is 2.04. The molecule has 3 aromatic rings. The maximum atomic E-state index is 13.7. The molecule has 0 radical (unpaired) electrons. The summed E-state index contributed by atoms with van der Waals surface area (Å²) >= 11 is 1.19. The molecule has 1 aliphatic heterocycles. The molecule has 1 heterocycles. The Kier molecular flexibility index (Phi) is 7.75. The molecule has 0 saturated heterocycles. The van der Waals surface area contributed by atoms with Crippen LogP contribution in [0.1, 0.15) is 29.3 Å². The van der Waals surface area contributed by atoms with Crippen molar-refractivity contribution in [2.45, 2.75) is 25.2 Å². The van der Waals surface area contributed by atoms with Crippen molar-refractivity contribution in [2.24, 2.45) is 0 Å². The van der Waals surface area contributed by atoms with Crippen molar-refractivity contribution in [3.05, 3.63) is 94.5 Å². The molecule has 3 aromatic carbocycles. The highest BCUT2D eigenvalue weighted by molar-refractivity contribution is 8.04. The number of para-hydroxylation sites is 3. The minimum atomic E-state index is -0.591. The second-order valence-electron chi connectivity index (χ2n) is 8.04. The average Bonchev–Trinajstić information content (AvgIpc) is 3.12. The van der Waals surface area contributed by atoms with Crippen LogP contribution in [0.3, 0.4) is 0 Å². The van der Waals surface area contributed by atoms with Gasteiger partial charge in [0.25, 0.3) is 11.8 Å². The smallest absolute Gasteiger partial charge is 0.340 e. The molecular formula is C28H26N2O5S. The van der Waals surface area contributed by atoms with Crippen LogP contribution in [0.15, 0.2) is 88.3 Å². The number of aryl methyl sites for hydroxylation is 1. The van der Waals surface area contributed by atoms with Crippen molar-refractivity contribution in [3.8, 4) is 5.75 Å². The van der Waals surface area contributed by atoms with E-state index < -0.39 is 17.8 Å². The molecule has 7 nitrogen and oxygen atoms in total. The summed E-state index contributed by atoms with van der Waals surface area (Å²) in [6.07, 6.45) is 0.654. The number of anilines is 2. The van der Waals surface area contributed by atoms with E-state index in [9.17, 15) is 14.4 Å². The molecule has 8 heteroatoms. The summed E-state index contributed by atoms with van der Waals surface area (Å²) in [6.45, 7) is 4.10. The van der Waals surface area contributed by atoms with E-state index in [2.05, 4.69) is 5.32 Å². The second kappa shape index (κ2) is 11.1. The van der Waals surface area contributed by atoms with E-state index in [0.29, 0.717) is 17.9 Å². The van der Waals surface area contributed by atoms with Gasteiger partial charge in [0.2, 0.25) is 0 Å². The number of nitrogens with one attached hydrogen (secondary N) is 1. The minimum Gasteiger partial charge on any atom is -0.495 e. The van der Waals surface area contributed by atoms with Crippen LogP contribution in [0.25, 0.3) is 0 Å².